The molecule has 2 atom stereocenters. The number of amides is 1. The summed E-state index contributed by atoms with van der Waals surface area (Å²) < 4.78 is 0. The van der Waals surface area contributed by atoms with Crippen LogP contribution in [-0.2, 0) is 4.79 Å². The lowest BCUT2D eigenvalue weighted by Gasteiger charge is -2.00. The minimum Gasteiger partial charge on any atom is -0.273 e. The Hall–Kier alpha value is -3.02. The maximum Gasteiger partial charge on any atom is 0.269 e. The minimum atomic E-state index is -0.459. The molecule has 1 saturated carbocycles. The average molecular weight is 309 g/mol. The molecular weight excluding hydrogens is 294 g/mol. The summed E-state index contributed by atoms with van der Waals surface area (Å²) >= 11 is 0. The van der Waals surface area contributed by atoms with E-state index >= 15 is 0 Å². The molecule has 0 spiro atoms. The smallest absolute Gasteiger partial charge is 0.269 e. The molecule has 1 aliphatic carbocycles. The average Bonchev–Trinajstić information content (AvgIpc) is 3.37. The number of nitrogens with zero attached hydrogens (tertiary/aromatic N) is 2. The lowest BCUT2D eigenvalue weighted by Crippen LogP contribution is -2.20. The molecule has 1 fully saturated rings. The van der Waals surface area contributed by atoms with Gasteiger partial charge in [-0.25, -0.2) is 5.43 Å². The lowest BCUT2D eigenvalue weighted by atomic mass is 10.1. The number of nitro groups is 1. The molecule has 0 aromatic heterocycles. The van der Waals surface area contributed by atoms with Crippen LogP contribution in [0, 0.1) is 16.0 Å². The van der Waals surface area contributed by atoms with Gasteiger partial charge in [0.1, 0.15) is 0 Å². The fourth-order valence-corrected chi connectivity index (χ4v) is 2.49. The molecule has 1 aliphatic rings. The predicted octanol–water partition coefficient (Wildman–Crippen LogP) is 2.85. The van der Waals surface area contributed by atoms with E-state index in [1.165, 1.54) is 23.9 Å². The molecular formula is C17H15N3O3. The van der Waals surface area contributed by atoms with Gasteiger partial charge in [-0.15, -0.1) is 0 Å². The summed E-state index contributed by atoms with van der Waals surface area (Å²) in [5.74, 6) is 0.134. The van der Waals surface area contributed by atoms with Gasteiger partial charge in [-0.05, 0) is 35.6 Å². The van der Waals surface area contributed by atoms with Crippen molar-refractivity contribution in [3.05, 3.63) is 75.8 Å². The highest BCUT2D eigenvalue weighted by atomic mass is 16.6. The molecule has 2 unspecified atom stereocenters. The number of benzene rings is 2. The normalized spacial score (nSPS) is 19.5. The Morgan fingerprint density at radius 1 is 1.17 bits per heavy atom. The zero-order valence-electron chi connectivity index (χ0n) is 12.3. The Kier molecular flexibility index (Phi) is 4.14. The van der Waals surface area contributed by atoms with Crippen LogP contribution in [0.2, 0.25) is 0 Å². The van der Waals surface area contributed by atoms with Crippen LogP contribution in [-0.4, -0.2) is 17.0 Å². The Morgan fingerprint density at radius 3 is 2.52 bits per heavy atom. The van der Waals surface area contributed by atoms with Gasteiger partial charge in [-0.2, -0.15) is 5.10 Å². The van der Waals surface area contributed by atoms with Crippen molar-refractivity contribution in [2.24, 2.45) is 11.0 Å². The van der Waals surface area contributed by atoms with Gasteiger partial charge in [0.15, 0.2) is 0 Å². The number of hydrogen-bond donors (Lipinski definition) is 1. The van der Waals surface area contributed by atoms with E-state index in [1.54, 1.807) is 12.1 Å². The van der Waals surface area contributed by atoms with Crippen molar-refractivity contribution >= 4 is 17.8 Å². The highest BCUT2D eigenvalue weighted by Gasteiger charge is 2.43. The Bertz CT molecular complexity index is 741. The second-order valence-corrected chi connectivity index (χ2v) is 5.44. The number of carbonyl (C=O) groups excluding carboxylic acids is 1. The van der Waals surface area contributed by atoms with E-state index in [4.69, 9.17) is 0 Å². The van der Waals surface area contributed by atoms with Gasteiger partial charge < -0.3 is 0 Å². The van der Waals surface area contributed by atoms with Crippen LogP contribution in [0.15, 0.2) is 59.7 Å². The van der Waals surface area contributed by atoms with Gasteiger partial charge in [0.2, 0.25) is 5.91 Å². The van der Waals surface area contributed by atoms with Gasteiger partial charge in [-0.3, -0.25) is 14.9 Å². The SMILES string of the molecule is O=C(N/N=C\c1ccc([N+](=O)[O-])cc1)C1CC1c1ccccc1. The summed E-state index contributed by atoms with van der Waals surface area (Å²) in [6.07, 6.45) is 2.31. The molecule has 0 aliphatic heterocycles. The Labute approximate surface area is 133 Å². The van der Waals surface area contributed by atoms with E-state index in [2.05, 4.69) is 10.5 Å². The molecule has 6 heteroatoms. The summed E-state index contributed by atoms with van der Waals surface area (Å²) in [5.41, 5.74) is 4.41. The van der Waals surface area contributed by atoms with E-state index in [9.17, 15) is 14.9 Å². The number of rotatable bonds is 5. The topological polar surface area (TPSA) is 84.6 Å². The second-order valence-electron chi connectivity index (χ2n) is 5.44. The zero-order chi connectivity index (χ0) is 16.2. The summed E-state index contributed by atoms with van der Waals surface area (Å²) in [4.78, 5) is 22.1. The summed E-state index contributed by atoms with van der Waals surface area (Å²) in [6, 6.07) is 15.9. The monoisotopic (exact) mass is 309 g/mol. The molecule has 1 N–H and O–H groups in total. The first-order chi connectivity index (χ1) is 11.1. The van der Waals surface area contributed by atoms with Crippen LogP contribution in [0.3, 0.4) is 0 Å². The molecule has 6 nitrogen and oxygen atoms in total. The first-order valence-electron chi connectivity index (χ1n) is 7.27. The largest absolute Gasteiger partial charge is 0.273 e. The van der Waals surface area contributed by atoms with E-state index in [0.29, 0.717) is 5.56 Å². The van der Waals surface area contributed by atoms with Crippen LogP contribution in [0.5, 0.6) is 0 Å². The molecule has 2 aromatic rings. The molecule has 2 aromatic carbocycles. The number of nitrogens with one attached hydrogen (secondary N) is 1. The Balaban J connectivity index is 1.52. The first kappa shape index (κ1) is 14.9. The second kappa shape index (κ2) is 6.39. The highest BCUT2D eigenvalue weighted by Crippen LogP contribution is 2.47. The summed E-state index contributed by atoms with van der Waals surface area (Å²) in [6.45, 7) is 0. The first-order valence-corrected chi connectivity index (χ1v) is 7.27. The summed E-state index contributed by atoms with van der Waals surface area (Å²) in [5, 5.41) is 14.5. The Morgan fingerprint density at radius 2 is 1.87 bits per heavy atom. The summed E-state index contributed by atoms with van der Waals surface area (Å²) in [7, 11) is 0. The maximum atomic E-state index is 12.0. The van der Waals surface area contributed by atoms with Gasteiger partial charge in [-0.1, -0.05) is 30.3 Å². The number of hydrazone groups is 1. The van der Waals surface area contributed by atoms with Crippen molar-refractivity contribution in [3.8, 4) is 0 Å². The van der Waals surface area contributed by atoms with E-state index in [0.717, 1.165) is 6.42 Å². The van der Waals surface area contributed by atoms with Gasteiger partial charge in [0.25, 0.3) is 5.69 Å². The number of hydrogen-bond acceptors (Lipinski definition) is 4. The van der Waals surface area contributed by atoms with Gasteiger partial charge in [0, 0.05) is 18.1 Å². The van der Waals surface area contributed by atoms with Crippen LogP contribution in [0.4, 0.5) is 5.69 Å². The van der Waals surface area contributed by atoms with Gasteiger partial charge in [0.05, 0.1) is 11.1 Å². The van der Waals surface area contributed by atoms with Crippen LogP contribution in [0.25, 0.3) is 0 Å². The molecule has 0 radical (unpaired) electrons. The van der Waals surface area contributed by atoms with E-state index in [1.807, 2.05) is 30.3 Å². The van der Waals surface area contributed by atoms with Crippen molar-refractivity contribution in [1.29, 1.82) is 0 Å². The molecule has 0 bridgehead atoms. The lowest BCUT2D eigenvalue weighted by molar-refractivity contribution is -0.384. The third-order valence-corrected chi connectivity index (χ3v) is 3.85. The van der Waals surface area contributed by atoms with Crippen molar-refractivity contribution in [2.75, 3.05) is 0 Å². The quantitative estimate of drug-likeness (QED) is 0.523. The van der Waals surface area contributed by atoms with E-state index in [-0.39, 0.29) is 23.4 Å². The maximum absolute atomic E-state index is 12.0. The van der Waals surface area contributed by atoms with Crippen LogP contribution in [0.1, 0.15) is 23.5 Å². The molecule has 0 saturated heterocycles. The number of nitro benzene ring substituents is 1. The third-order valence-electron chi connectivity index (χ3n) is 3.85. The molecule has 23 heavy (non-hydrogen) atoms. The van der Waals surface area contributed by atoms with Gasteiger partial charge >= 0.3 is 0 Å². The minimum absolute atomic E-state index is 0.0230. The zero-order valence-corrected chi connectivity index (χ0v) is 12.3. The molecule has 0 heterocycles. The molecule has 116 valence electrons. The van der Waals surface area contributed by atoms with Crippen molar-refractivity contribution in [1.82, 2.24) is 5.43 Å². The van der Waals surface area contributed by atoms with Crippen molar-refractivity contribution < 1.29 is 9.72 Å². The number of non-ortho nitro benzene ring substituents is 1. The molecule has 1 amide bonds. The van der Waals surface area contributed by atoms with Crippen LogP contribution < -0.4 is 5.43 Å². The standard InChI is InChI=1S/C17H15N3O3/c21-17(16-10-15(16)13-4-2-1-3-5-13)19-18-11-12-6-8-14(9-7-12)20(22)23/h1-9,11,15-16H,10H2,(H,19,21)/b18-11-. The fraction of sp³-hybridized carbons (Fsp3) is 0.176. The predicted molar refractivity (Wildman–Crippen MR) is 86.1 cm³/mol. The highest BCUT2D eigenvalue weighted by molar-refractivity contribution is 5.85. The van der Waals surface area contributed by atoms with Crippen molar-refractivity contribution in [3.63, 3.8) is 0 Å². The van der Waals surface area contributed by atoms with Crippen LogP contribution >= 0.6 is 0 Å². The van der Waals surface area contributed by atoms with Crippen molar-refractivity contribution in [2.45, 2.75) is 12.3 Å². The van der Waals surface area contributed by atoms with E-state index < -0.39 is 4.92 Å². The fourth-order valence-electron chi connectivity index (χ4n) is 2.49. The number of carbonyl (C=O) groups is 1. The molecule has 3 rings (SSSR count). The third kappa shape index (κ3) is 3.60.